The van der Waals surface area contributed by atoms with E-state index >= 15 is 0 Å². The number of rotatable bonds is 5. The second kappa shape index (κ2) is 9.09. The lowest BCUT2D eigenvalue weighted by molar-refractivity contribution is -0.141. The van der Waals surface area contributed by atoms with Crippen LogP contribution in [0, 0.1) is 6.92 Å². The summed E-state index contributed by atoms with van der Waals surface area (Å²) < 4.78 is 0. The summed E-state index contributed by atoms with van der Waals surface area (Å²) in [5.74, 6) is -1.12. The standard InChI is InChI=1S/C15H21N3O3S/c1-10(2)16-14(20)15(21)18-17-13(19)9-22-8-12-6-4-11(3)5-7-12/h4-7,10H,8-9H2,1-3H3,(H,16,20)(H,17,19)(H,18,21). The van der Waals surface area contributed by atoms with Crippen molar-refractivity contribution in [2.24, 2.45) is 0 Å². The molecule has 1 rings (SSSR count). The van der Waals surface area contributed by atoms with Crippen LogP contribution in [0.25, 0.3) is 0 Å². The zero-order valence-corrected chi connectivity index (χ0v) is 13.8. The van der Waals surface area contributed by atoms with Crippen LogP contribution in [0.3, 0.4) is 0 Å². The van der Waals surface area contributed by atoms with Crippen LogP contribution in [-0.4, -0.2) is 29.5 Å². The van der Waals surface area contributed by atoms with Crippen LogP contribution in [0.5, 0.6) is 0 Å². The van der Waals surface area contributed by atoms with Gasteiger partial charge in [-0.3, -0.25) is 25.2 Å². The average molecular weight is 323 g/mol. The minimum absolute atomic E-state index is 0.140. The third-order valence-corrected chi connectivity index (χ3v) is 3.57. The van der Waals surface area contributed by atoms with Crippen molar-refractivity contribution in [3.05, 3.63) is 35.4 Å². The van der Waals surface area contributed by atoms with E-state index in [0.717, 1.165) is 5.56 Å². The Hall–Kier alpha value is -2.02. The van der Waals surface area contributed by atoms with Gasteiger partial charge in [0.15, 0.2) is 0 Å². The zero-order chi connectivity index (χ0) is 16.5. The zero-order valence-electron chi connectivity index (χ0n) is 12.9. The summed E-state index contributed by atoms with van der Waals surface area (Å²) in [4.78, 5) is 34.2. The lowest BCUT2D eigenvalue weighted by Crippen LogP contribution is -2.50. The summed E-state index contributed by atoms with van der Waals surface area (Å²) >= 11 is 1.43. The maximum Gasteiger partial charge on any atom is 0.327 e. The number of hydrogen-bond donors (Lipinski definition) is 3. The molecule has 0 aliphatic heterocycles. The maximum absolute atomic E-state index is 11.6. The Morgan fingerprint density at radius 3 is 2.27 bits per heavy atom. The molecule has 0 unspecified atom stereocenters. The van der Waals surface area contributed by atoms with E-state index in [1.807, 2.05) is 31.2 Å². The minimum atomic E-state index is -0.884. The number of hydrazine groups is 1. The molecule has 0 saturated heterocycles. The van der Waals surface area contributed by atoms with E-state index in [2.05, 4.69) is 16.2 Å². The number of nitrogens with one attached hydrogen (secondary N) is 3. The third kappa shape index (κ3) is 7.12. The Morgan fingerprint density at radius 2 is 1.68 bits per heavy atom. The molecule has 7 heteroatoms. The van der Waals surface area contributed by atoms with Gasteiger partial charge in [-0.15, -0.1) is 11.8 Å². The summed E-state index contributed by atoms with van der Waals surface area (Å²) in [6, 6.07) is 7.92. The Balaban J connectivity index is 2.22. The molecule has 22 heavy (non-hydrogen) atoms. The van der Waals surface area contributed by atoms with Crippen molar-refractivity contribution >= 4 is 29.5 Å². The predicted octanol–water partition coefficient (Wildman–Crippen LogP) is 0.900. The van der Waals surface area contributed by atoms with Gasteiger partial charge in [0.25, 0.3) is 0 Å². The molecule has 1 aromatic carbocycles. The average Bonchev–Trinajstić information content (AvgIpc) is 2.46. The van der Waals surface area contributed by atoms with E-state index in [0.29, 0.717) is 5.75 Å². The van der Waals surface area contributed by atoms with Crippen molar-refractivity contribution in [3.63, 3.8) is 0 Å². The van der Waals surface area contributed by atoms with Crippen molar-refractivity contribution in [2.45, 2.75) is 32.6 Å². The van der Waals surface area contributed by atoms with Gasteiger partial charge in [-0.25, -0.2) is 0 Å². The molecule has 0 spiro atoms. The summed E-state index contributed by atoms with van der Waals surface area (Å²) in [6.07, 6.45) is 0. The van der Waals surface area contributed by atoms with Gasteiger partial charge < -0.3 is 5.32 Å². The van der Waals surface area contributed by atoms with Gasteiger partial charge in [0, 0.05) is 11.8 Å². The van der Waals surface area contributed by atoms with Gasteiger partial charge in [0.1, 0.15) is 0 Å². The number of amides is 3. The predicted molar refractivity (Wildman–Crippen MR) is 86.9 cm³/mol. The Morgan fingerprint density at radius 1 is 1.05 bits per heavy atom. The molecule has 1 aromatic rings. The lowest BCUT2D eigenvalue weighted by atomic mass is 10.2. The topological polar surface area (TPSA) is 87.3 Å². The highest BCUT2D eigenvalue weighted by molar-refractivity contribution is 7.99. The molecule has 0 saturated carbocycles. The van der Waals surface area contributed by atoms with Crippen molar-refractivity contribution < 1.29 is 14.4 Å². The largest absolute Gasteiger partial charge is 0.346 e. The van der Waals surface area contributed by atoms with Gasteiger partial charge in [-0.1, -0.05) is 29.8 Å². The normalized spacial score (nSPS) is 10.2. The fourth-order valence-corrected chi connectivity index (χ4v) is 2.28. The van der Waals surface area contributed by atoms with E-state index < -0.39 is 11.8 Å². The molecule has 0 aliphatic carbocycles. The van der Waals surface area contributed by atoms with E-state index in [9.17, 15) is 14.4 Å². The van der Waals surface area contributed by atoms with Crippen LogP contribution in [-0.2, 0) is 20.1 Å². The van der Waals surface area contributed by atoms with Crippen LogP contribution < -0.4 is 16.2 Å². The first-order valence-corrected chi connectivity index (χ1v) is 8.07. The molecular weight excluding hydrogens is 302 g/mol. The molecule has 0 aromatic heterocycles. The second-order valence-electron chi connectivity index (χ2n) is 5.11. The van der Waals surface area contributed by atoms with Crippen molar-refractivity contribution in [1.29, 1.82) is 0 Å². The third-order valence-electron chi connectivity index (χ3n) is 2.56. The summed E-state index contributed by atoms with van der Waals surface area (Å²) in [6.45, 7) is 5.50. The second-order valence-corrected chi connectivity index (χ2v) is 6.09. The first-order chi connectivity index (χ1) is 10.4. The molecule has 3 amide bonds. The molecule has 0 aliphatic rings. The SMILES string of the molecule is Cc1ccc(CSCC(=O)NNC(=O)C(=O)NC(C)C)cc1. The summed E-state index contributed by atoms with van der Waals surface area (Å²) in [5.41, 5.74) is 6.61. The fourth-order valence-electron chi connectivity index (χ4n) is 1.49. The fraction of sp³-hybridized carbons (Fsp3) is 0.400. The van der Waals surface area contributed by atoms with Gasteiger partial charge in [0.05, 0.1) is 5.75 Å². The Labute approximate surface area is 134 Å². The van der Waals surface area contributed by atoms with Crippen LogP contribution in [0.4, 0.5) is 0 Å². The van der Waals surface area contributed by atoms with E-state index in [1.54, 1.807) is 13.8 Å². The smallest absolute Gasteiger partial charge is 0.327 e. The molecule has 0 atom stereocenters. The van der Waals surface area contributed by atoms with Crippen molar-refractivity contribution in [3.8, 4) is 0 Å². The number of carbonyl (C=O) groups excluding carboxylic acids is 3. The summed E-state index contributed by atoms with van der Waals surface area (Å²) in [5, 5.41) is 2.43. The molecule has 0 bridgehead atoms. The van der Waals surface area contributed by atoms with Gasteiger partial charge in [0.2, 0.25) is 5.91 Å². The van der Waals surface area contributed by atoms with Gasteiger partial charge >= 0.3 is 11.8 Å². The van der Waals surface area contributed by atoms with Gasteiger partial charge in [-0.05, 0) is 26.3 Å². The number of thioether (sulfide) groups is 1. The number of carbonyl (C=O) groups is 3. The molecule has 0 radical (unpaired) electrons. The van der Waals surface area contributed by atoms with Crippen LogP contribution >= 0.6 is 11.8 Å². The number of hydrogen-bond acceptors (Lipinski definition) is 4. The van der Waals surface area contributed by atoms with Gasteiger partial charge in [-0.2, -0.15) is 0 Å². The van der Waals surface area contributed by atoms with Crippen LogP contribution in [0.15, 0.2) is 24.3 Å². The van der Waals surface area contributed by atoms with Crippen LogP contribution in [0.2, 0.25) is 0 Å². The van der Waals surface area contributed by atoms with E-state index in [4.69, 9.17) is 0 Å². The molecule has 6 nitrogen and oxygen atoms in total. The van der Waals surface area contributed by atoms with Crippen molar-refractivity contribution in [2.75, 3.05) is 5.75 Å². The number of benzene rings is 1. The molecule has 0 heterocycles. The monoisotopic (exact) mass is 323 g/mol. The van der Waals surface area contributed by atoms with E-state index in [-0.39, 0.29) is 17.7 Å². The van der Waals surface area contributed by atoms with Crippen LogP contribution in [0.1, 0.15) is 25.0 Å². The Bertz CT molecular complexity index is 529. The Kier molecular flexibility index (Phi) is 7.45. The molecule has 120 valence electrons. The van der Waals surface area contributed by atoms with Crippen molar-refractivity contribution in [1.82, 2.24) is 16.2 Å². The van der Waals surface area contributed by atoms with E-state index in [1.165, 1.54) is 17.3 Å². The lowest BCUT2D eigenvalue weighted by Gasteiger charge is -2.09. The summed E-state index contributed by atoms with van der Waals surface area (Å²) in [7, 11) is 0. The highest BCUT2D eigenvalue weighted by atomic mass is 32.2. The highest BCUT2D eigenvalue weighted by Gasteiger charge is 2.14. The molecule has 3 N–H and O–H groups in total. The number of aryl methyl sites for hydroxylation is 1. The maximum atomic E-state index is 11.6. The quantitative estimate of drug-likeness (QED) is 0.555. The first kappa shape index (κ1) is 18.0. The highest BCUT2D eigenvalue weighted by Crippen LogP contribution is 2.12. The first-order valence-electron chi connectivity index (χ1n) is 6.91. The molecule has 0 fully saturated rings. The molecular formula is C15H21N3O3S. The minimum Gasteiger partial charge on any atom is -0.346 e.